The number of halogens is 2. The van der Waals surface area contributed by atoms with Crippen LogP contribution in [0, 0.1) is 17.6 Å². The molecule has 1 aliphatic rings. The van der Waals surface area contributed by atoms with Crippen molar-refractivity contribution in [3.8, 4) is 0 Å². The van der Waals surface area contributed by atoms with Crippen molar-refractivity contribution in [3.63, 3.8) is 0 Å². The van der Waals surface area contributed by atoms with Crippen molar-refractivity contribution in [2.24, 2.45) is 5.92 Å². The average molecular weight is 253 g/mol. The van der Waals surface area contributed by atoms with E-state index in [2.05, 4.69) is 12.2 Å². The van der Waals surface area contributed by atoms with Crippen LogP contribution in [0.4, 0.5) is 8.78 Å². The maximum absolute atomic E-state index is 13.2. The normalized spacial score (nSPS) is 20.0. The van der Waals surface area contributed by atoms with Crippen molar-refractivity contribution in [1.82, 2.24) is 5.32 Å². The molecule has 1 N–H and O–H groups in total. The minimum Gasteiger partial charge on any atom is -0.307 e. The zero-order valence-corrected chi connectivity index (χ0v) is 11.0. The van der Waals surface area contributed by atoms with Crippen LogP contribution in [-0.2, 0) is 0 Å². The van der Waals surface area contributed by atoms with Gasteiger partial charge in [-0.15, -0.1) is 0 Å². The molecule has 0 bridgehead atoms. The Hall–Kier alpha value is -0.960. The van der Waals surface area contributed by atoms with Crippen LogP contribution in [0.15, 0.2) is 18.2 Å². The second kappa shape index (κ2) is 5.79. The number of hydrogen-bond acceptors (Lipinski definition) is 1. The van der Waals surface area contributed by atoms with Gasteiger partial charge in [0.2, 0.25) is 0 Å². The van der Waals surface area contributed by atoms with Crippen LogP contribution in [0.1, 0.15) is 51.1 Å². The number of hydrogen-bond donors (Lipinski definition) is 1. The van der Waals surface area contributed by atoms with E-state index in [0.717, 1.165) is 11.5 Å². The van der Waals surface area contributed by atoms with Gasteiger partial charge in [0.25, 0.3) is 0 Å². The predicted octanol–water partition coefficient (Wildman–Crippen LogP) is 4.19. The lowest BCUT2D eigenvalue weighted by Crippen LogP contribution is -2.34. The second-order valence-corrected chi connectivity index (χ2v) is 5.40. The molecule has 1 aliphatic carbocycles. The van der Waals surface area contributed by atoms with E-state index < -0.39 is 11.6 Å². The summed E-state index contributed by atoms with van der Waals surface area (Å²) >= 11 is 0. The molecule has 0 spiro atoms. The second-order valence-electron chi connectivity index (χ2n) is 5.40. The summed E-state index contributed by atoms with van der Waals surface area (Å²) in [4.78, 5) is 0. The first kappa shape index (κ1) is 13.5. The van der Waals surface area contributed by atoms with E-state index >= 15 is 0 Å². The number of benzene rings is 1. The molecule has 1 fully saturated rings. The monoisotopic (exact) mass is 253 g/mol. The fourth-order valence-electron chi connectivity index (χ4n) is 2.87. The minimum atomic E-state index is -0.783. The molecule has 100 valence electrons. The summed E-state index contributed by atoms with van der Waals surface area (Å²) < 4.78 is 26.1. The molecular weight excluding hydrogens is 232 g/mol. The highest BCUT2D eigenvalue weighted by atomic mass is 19.2. The lowest BCUT2D eigenvalue weighted by molar-refractivity contribution is 0.352. The Balaban J connectivity index is 1.97. The number of nitrogens with one attached hydrogen (secondary N) is 1. The van der Waals surface area contributed by atoms with Crippen molar-refractivity contribution < 1.29 is 8.78 Å². The summed E-state index contributed by atoms with van der Waals surface area (Å²) in [5, 5.41) is 3.50. The van der Waals surface area contributed by atoms with Gasteiger partial charge in [0.1, 0.15) is 0 Å². The zero-order chi connectivity index (χ0) is 13.1. The standard InChI is InChI=1S/C15H21F2N/c1-10(12-5-3-4-6-12)18-11(2)13-7-8-14(16)15(17)9-13/h7-12,18H,3-6H2,1-2H3/t10-,11?/m0/s1. The lowest BCUT2D eigenvalue weighted by Gasteiger charge is -2.25. The first-order valence-electron chi connectivity index (χ1n) is 6.79. The molecule has 3 heteroatoms. The maximum atomic E-state index is 13.2. The molecule has 0 heterocycles. The van der Waals surface area contributed by atoms with Crippen molar-refractivity contribution in [3.05, 3.63) is 35.4 Å². The molecule has 0 aromatic heterocycles. The van der Waals surface area contributed by atoms with Gasteiger partial charge in [0.05, 0.1) is 0 Å². The summed E-state index contributed by atoms with van der Waals surface area (Å²) in [6.07, 6.45) is 5.18. The van der Waals surface area contributed by atoms with Crippen LogP contribution in [0.25, 0.3) is 0 Å². The Kier molecular flexibility index (Phi) is 4.33. The summed E-state index contributed by atoms with van der Waals surface area (Å²) in [7, 11) is 0. The zero-order valence-electron chi connectivity index (χ0n) is 11.0. The van der Waals surface area contributed by atoms with E-state index in [4.69, 9.17) is 0 Å². The molecule has 0 amide bonds. The first-order chi connectivity index (χ1) is 8.58. The largest absolute Gasteiger partial charge is 0.307 e. The van der Waals surface area contributed by atoms with Gasteiger partial charge in [-0.1, -0.05) is 18.9 Å². The Morgan fingerprint density at radius 3 is 2.39 bits per heavy atom. The van der Waals surface area contributed by atoms with Crippen LogP contribution in [0.5, 0.6) is 0 Å². The molecule has 18 heavy (non-hydrogen) atoms. The van der Waals surface area contributed by atoms with Crippen LogP contribution in [-0.4, -0.2) is 6.04 Å². The highest BCUT2D eigenvalue weighted by Gasteiger charge is 2.22. The topological polar surface area (TPSA) is 12.0 Å². The molecule has 0 aliphatic heterocycles. The minimum absolute atomic E-state index is 0.0516. The van der Waals surface area contributed by atoms with Crippen LogP contribution < -0.4 is 5.32 Å². The van der Waals surface area contributed by atoms with E-state index in [0.29, 0.717) is 6.04 Å². The Morgan fingerprint density at radius 1 is 1.11 bits per heavy atom. The average Bonchev–Trinajstić information content (AvgIpc) is 2.86. The highest BCUT2D eigenvalue weighted by Crippen LogP contribution is 2.29. The molecule has 1 aromatic carbocycles. The highest BCUT2D eigenvalue weighted by molar-refractivity contribution is 5.20. The van der Waals surface area contributed by atoms with Gasteiger partial charge in [-0.05, 0) is 50.3 Å². The fourth-order valence-corrected chi connectivity index (χ4v) is 2.87. The molecule has 1 saturated carbocycles. The van der Waals surface area contributed by atoms with E-state index in [1.54, 1.807) is 6.07 Å². The van der Waals surface area contributed by atoms with Crippen molar-refractivity contribution in [1.29, 1.82) is 0 Å². The van der Waals surface area contributed by atoms with Crippen molar-refractivity contribution >= 4 is 0 Å². The summed E-state index contributed by atoms with van der Waals surface area (Å²) in [6, 6.07) is 4.61. The third-order valence-corrected chi connectivity index (χ3v) is 4.06. The summed E-state index contributed by atoms with van der Waals surface area (Å²) in [5.74, 6) is -0.831. The molecule has 0 radical (unpaired) electrons. The van der Waals surface area contributed by atoms with E-state index in [-0.39, 0.29) is 6.04 Å². The first-order valence-corrected chi connectivity index (χ1v) is 6.79. The summed E-state index contributed by atoms with van der Waals surface area (Å²) in [5.41, 5.74) is 0.804. The quantitative estimate of drug-likeness (QED) is 0.848. The molecule has 1 nitrogen and oxygen atoms in total. The third-order valence-electron chi connectivity index (χ3n) is 4.06. The van der Waals surface area contributed by atoms with Gasteiger partial charge in [-0.2, -0.15) is 0 Å². The van der Waals surface area contributed by atoms with Crippen molar-refractivity contribution in [2.45, 2.75) is 51.6 Å². The van der Waals surface area contributed by atoms with Gasteiger partial charge in [-0.3, -0.25) is 0 Å². The molecule has 1 unspecified atom stereocenters. The maximum Gasteiger partial charge on any atom is 0.159 e. The Bertz CT molecular complexity index is 399. The predicted molar refractivity (Wildman–Crippen MR) is 69.3 cm³/mol. The third kappa shape index (κ3) is 3.08. The number of rotatable bonds is 4. The fraction of sp³-hybridized carbons (Fsp3) is 0.600. The van der Waals surface area contributed by atoms with E-state index in [1.165, 1.54) is 37.8 Å². The van der Waals surface area contributed by atoms with Gasteiger partial charge >= 0.3 is 0 Å². The van der Waals surface area contributed by atoms with E-state index in [1.807, 2.05) is 6.92 Å². The molecule has 2 rings (SSSR count). The van der Waals surface area contributed by atoms with Crippen LogP contribution in [0.2, 0.25) is 0 Å². The Labute approximate surface area is 108 Å². The van der Waals surface area contributed by atoms with Gasteiger partial charge in [0.15, 0.2) is 11.6 Å². The van der Waals surface area contributed by atoms with Gasteiger partial charge in [-0.25, -0.2) is 8.78 Å². The summed E-state index contributed by atoms with van der Waals surface area (Å²) in [6.45, 7) is 4.19. The van der Waals surface area contributed by atoms with Crippen molar-refractivity contribution in [2.75, 3.05) is 0 Å². The lowest BCUT2D eigenvalue weighted by atomic mass is 9.98. The molecule has 1 aromatic rings. The Morgan fingerprint density at radius 2 is 1.78 bits per heavy atom. The molecular formula is C15H21F2N. The van der Waals surface area contributed by atoms with E-state index in [9.17, 15) is 8.78 Å². The van der Waals surface area contributed by atoms with Crippen LogP contribution in [0.3, 0.4) is 0 Å². The smallest absolute Gasteiger partial charge is 0.159 e. The van der Waals surface area contributed by atoms with Gasteiger partial charge < -0.3 is 5.32 Å². The molecule has 2 atom stereocenters. The van der Waals surface area contributed by atoms with Crippen LogP contribution >= 0.6 is 0 Å². The van der Waals surface area contributed by atoms with Gasteiger partial charge in [0, 0.05) is 12.1 Å². The molecule has 0 saturated heterocycles. The SMILES string of the molecule is CC(N[C@@H](C)C1CCCC1)c1ccc(F)c(F)c1.